The fourth-order valence-corrected chi connectivity index (χ4v) is 7.01. The van der Waals surface area contributed by atoms with E-state index in [1.54, 1.807) is 6.08 Å². The lowest BCUT2D eigenvalue weighted by Gasteiger charge is -2.42. The third-order valence-electron chi connectivity index (χ3n) is 9.41. The van der Waals surface area contributed by atoms with Crippen LogP contribution in [-0.2, 0) is 13.0 Å². The predicted molar refractivity (Wildman–Crippen MR) is 175 cm³/mol. The Morgan fingerprint density at radius 3 is 2.66 bits per heavy atom. The van der Waals surface area contributed by atoms with Gasteiger partial charge in [-0.1, -0.05) is 42.5 Å². The maximum Gasteiger partial charge on any atom is 0.318 e. The molecule has 1 N–H and O–H groups in total. The molecule has 0 spiro atoms. The first kappa shape index (κ1) is 30.3. The molecule has 6 rings (SSSR count). The number of ether oxygens (including phenoxy) is 1. The lowest BCUT2D eigenvalue weighted by atomic mass is 9.99. The zero-order chi connectivity index (χ0) is 30.7. The van der Waals surface area contributed by atoms with Gasteiger partial charge in [0, 0.05) is 67.4 Å². The number of benzene rings is 2. The first-order valence-electron chi connectivity index (χ1n) is 15.9. The van der Waals surface area contributed by atoms with Crippen molar-refractivity contribution in [1.29, 1.82) is 5.26 Å². The topological polar surface area (TPSA) is 92.0 Å². The molecule has 44 heavy (non-hydrogen) atoms. The number of piperazine rings is 1. The third kappa shape index (κ3) is 6.53. The molecule has 2 aromatic carbocycles. The summed E-state index contributed by atoms with van der Waals surface area (Å²) in [5, 5.41) is 21.4. The zero-order valence-electron chi connectivity index (χ0n) is 26.4. The molecule has 3 heterocycles. The number of hydrogen-bond donors (Lipinski definition) is 1. The number of hydrogen-bond acceptors (Lipinski definition) is 9. The predicted octanol–water partition coefficient (Wildman–Crippen LogP) is 4.17. The number of nitriles is 1. The van der Waals surface area contributed by atoms with Crippen LogP contribution in [0, 0.1) is 23.7 Å². The number of nitrogens with zero attached hydrogens (tertiary/aromatic N) is 7. The van der Waals surface area contributed by atoms with Crippen molar-refractivity contribution in [3.63, 3.8) is 0 Å². The van der Waals surface area contributed by atoms with Crippen molar-refractivity contribution in [2.24, 2.45) is 5.41 Å². The van der Waals surface area contributed by atoms with Crippen LogP contribution < -0.4 is 14.5 Å². The van der Waals surface area contributed by atoms with Gasteiger partial charge in [0.1, 0.15) is 5.82 Å². The van der Waals surface area contributed by atoms with Crippen LogP contribution in [0.15, 0.2) is 48.6 Å². The summed E-state index contributed by atoms with van der Waals surface area (Å²) in [5.74, 6) is 0.963. The Bertz CT molecular complexity index is 1540. The van der Waals surface area contributed by atoms with E-state index >= 15 is 0 Å². The van der Waals surface area contributed by atoms with Crippen LogP contribution in [0.4, 0.5) is 11.5 Å². The number of anilines is 2. The Morgan fingerprint density at radius 1 is 1.09 bits per heavy atom. The summed E-state index contributed by atoms with van der Waals surface area (Å²) < 4.78 is 6.43. The van der Waals surface area contributed by atoms with Crippen molar-refractivity contribution in [2.75, 3.05) is 76.4 Å². The van der Waals surface area contributed by atoms with E-state index in [4.69, 9.17) is 14.7 Å². The van der Waals surface area contributed by atoms with Crippen LogP contribution in [0.25, 0.3) is 10.8 Å². The highest BCUT2D eigenvalue weighted by atomic mass is 16.5. The minimum absolute atomic E-state index is 0.0317. The lowest BCUT2D eigenvalue weighted by Crippen LogP contribution is -2.53. The molecule has 1 aliphatic carbocycles. The van der Waals surface area contributed by atoms with Crippen molar-refractivity contribution >= 4 is 22.3 Å². The first-order chi connectivity index (χ1) is 21.4. The molecule has 9 nitrogen and oxygen atoms in total. The summed E-state index contributed by atoms with van der Waals surface area (Å²) in [6, 6.07) is 16.0. The van der Waals surface area contributed by atoms with Gasteiger partial charge < -0.3 is 24.5 Å². The second kappa shape index (κ2) is 13.1. The van der Waals surface area contributed by atoms with Gasteiger partial charge in [-0.3, -0.25) is 4.90 Å². The fourth-order valence-electron chi connectivity index (χ4n) is 7.01. The van der Waals surface area contributed by atoms with Gasteiger partial charge in [0.2, 0.25) is 0 Å². The van der Waals surface area contributed by atoms with E-state index < -0.39 is 0 Å². The molecule has 232 valence electrons. The Hall–Kier alpha value is -3.71. The highest BCUT2D eigenvalue weighted by Crippen LogP contribution is 2.46. The molecule has 3 aromatic rings. The molecule has 0 radical (unpaired) electrons. The molecule has 9 heteroatoms. The lowest BCUT2D eigenvalue weighted by molar-refractivity contribution is 0.181. The Labute approximate surface area is 261 Å². The minimum Gasteiger partial charge on any atom is -0.463 e. The van der Waals surface area contributed by atoms with Gasteiger partial charge in [-0.25, -0.2) is 0 Å². The zero-order valence-corrected chi connectivity index (χ0v) is 26.4. The van der Waals surface area contributed by atoms with Crippen LogP contribution in [0.1, 0.15) is 36.1 Å². The molecule has 1 saturated heterocycles. The second-order valence-corrected chi connectivity index (χ2v) is 13.0. The number of aromatic nitrogens is 2. The molecular formula is C35H45N7O2. The fraction of sp³-hybridized carbons (Fsp3) is 0.514. The number of aryl methyl sites for hydroxylation is 1. The average molecular weight is 596 g/mol. The molecule has 1 atom stereocenters. The van der Waals surface area contributed by atoms with Crippen LogP contribution in [0.2, 0.25) is 0 Å². The van der Waals surface area contributed by atoms with Crippen molar-refractivity contribution in [2.45, 2.75) is 45.2 Å². The highest BCUT2D eigenvalue weighted by molar-refractivity contribution is 5.97. The Balaban J connectivity index is 1.31. The molecule has 3 aliphatic rings. The standard InChI is InChI=1S/C35H45N7O2/c1-26-8-6-9-27-10-7-11-31(32(26)27)41-18-13-29-30(23-41)37-34(44-25-35(14-15-35)24-39(2)3)38-33(29)42-20-19-40(17-4-5-21-43)28(22-42)12-16-36/h4-11,28,43H,12-15,17-25H2,1-3H3/b5-4+. The molecule has 1 saturated carbocycles. The first-order valence-corrected chi connectivity index (χ1v) is 15.9. The van der Waals surface area contributed by atoms with Crippen LogP contribution in [-0.4, -0.2) is 97.5 Å². The average Bonchev–Trinajstić information content (AvgIpc) is 3.78. The van der Waals surface area contributed by atoms with E-state index in [1.807, 2.05) is 6.08 Å². The van der Waals surface area contributed by atoms with Crippen LogP contribution in [0.3, 0.4) is 0 Å². The number of aliphatic hydroxyl groups excluding tert-OH is 1. The summed E-state index contributed by atoms with van der Waals surface area (Å²) in [4.78, 5) is 19.5. The maximum absolute atomic E-state index is 9.64. The SMILES string of the molecule is Cc1cccc2cccc(N3CCc4c(nc(OCC5(CN(C)C)CC5)nc4N4CCN(C/C=C/CO)C(CC#N)C4)C3)c12. The third-order valence-corrected chi connectivity index (χ3v) is 9.41. The molecule has 0 bridgehead atoms. The summed E-state index contributed by atoms with van der Waals surface area (Å²) in [6.45, 7) is 8.52. The van der Waals surface area contributed by atoms with E-state index in [1.165, 1.54) is 40.4 Å². The number of rotatable bonds is 11. The van der Waals surface area contributed by atoms with Gasteiger partial charge >= 0.3 is 6.01 Å². The monoisotopic (exact) mass is 595 g/mol. The van der Waals surface area contributed by atoms with Crippen molar-refractivity contribution in [1.82, 2.24) is 19.8 Å². The number of aliphatic hydroxyl groups is 1. The quantitative estimate of drug-likeness (QED) is 0.328. The molecule has 2 fully saturated rings. The van der Waals surface area contributed by atoms with E-state index in [0.29, 0.717) is 25.6 Å². The molecule has 0 amide bonds. The molecular weight excluding hydrogens is 550 g/mol. The maximum atomic E-state index is 9.64. The summed E-state index contributed by atoms with van der Waals surface area (Å²) in [5.41, 5.74) is 4.94. The van der Waals surface area contributed by atoms with Gasteiger partial charge in [-0.15, -0.1) is 0 Å². The summed E-state index contributed by atoms with van der Waals surface area (Å²) >= 11 is 0. The van der Waals surface area contributed by atoms with E-state index in [0.717, 1.165) is 57.2 Å². The molecule has 1 unspecified atom stereocenters. The van der Waals surface area contributed by atoms with Gasteiger partial charge in [0.25, 0.3) is 0 Å². The highest BCUT2D eigenvalue weighted by Gasteiger charge is 2.44. The van der Waals surface area contributed by atoms with Crippen LogP contribution in [0.5, 0.6) is 6.01 Å². The van der Waals surface area contributed by atoms with E-state index in [-0.39, 0.29) is 18.1 Å². The smallest absolute Gasteiger partial charge is 0.318 e. The molecule has 1 aromatic heterocycles. The Morgan fingerprint density at radius 2 is 1.91 bits per heavy atom. The van der Waals surface area contributed by atoms with Crippen molar-refractivity contribution in [3.05, 3.63) is 65.4 Å². The largest absolute Gasteiger partial charge is 0.463 e. The van der Waals surface area contributed by atoms with Gasteiger partial charge in [0.15, 0.2) is 0 Å². The summed E-state index contributed by atoms with van der Waals surface area (Å²) in [7, 11) is 4.24. The summed E-state index contributed by atoms with van der Waals surface area (Å²) in [6.07, 6.45) is 7.39. The van der Waals surface area contributed by atoms with Gasteiger partial charge in [-0.05, 0) is 57.3 Å². The Kier molecular flexibility index (Phi) is 9.03. The normalized spacial score (nSPS) is 19.9. The van der Waals surface area contributed by atoms with E-state index in [9.17, 15) is 10.4 Å². The van der Waals surface area contributed by atoms with Crippen LogP contribution >= 0.6 is 0 Å². The van der Waals surface area contributed by atoms with E-state index in [2.05, 4.69) is 83.1 Å². The van der Waals surface area contributed by atoms with Crippen molar-refractivity contribution < 1.29 is 9.84 Å². The number of fused-ring (bicyclic) bond motifs is 2. The molecule has 2 aliphatic heterocycles. The van der Waals surface area contributed by atoms with Gasteiger partial charge in [-0.2, -0.15) is 15.2 Å². The second-order valence-electron chi connectivity index (χ2n) is 13.0. The van der Waals surface area contributed by atoms with Crippen molar-refractivity contribution in [3.8, 4) is 12.1 Å². The minimum atomic E-state index is 0.0317. The van der Waals surface area contributed by atoms with Gasteiger partial charge in [0.05, 0.1) is 37.9 Å².